The van der Waals surface area contributed by atoms with Gasteiger partial charge in [-0.1, -0.05) is 30.3 Å². The van der Waals surface area contributed by atoms with Crippen molar-refractivity contribution < 1.29 is 29.0 Å². The number of methoxy groups -OCH3 is 1. The van der Waals surface area contributed by atoms with Gasteiger partial charge in [0.2, 0.25) is 5.91 Å². The van der Waals surface area contributed by atoms with Gasteiger partial charge in [-0.2, -0.15) is 0 Å². The number of ether oxygens (including phenoxy) is 2. The highest BCUT2D eigenvalue weighted by atomic mass is 16.6. The monoisotopic (exact) mass is 432 g/mol. The lowest BCUT2D eigenvalue weighted by Crippen LogP contribution is -2.84. The van der Waals surface area contributed by atoms with Gasteiger partial charge in [-0.05, 0) is 52.0 Å². The zero-order chi connectivity index (χ0) is 22.9. The molecule has 0 aromatic heterocycles. The number of carbonyl (C=O) groups excluding carboxylic acids is 3. The van der Waals surface area contributed by atoms with Gasteiger partial charge in [0.1, 0.15) is 5.60 Å². The van der Waals surface area contributed by atoms with Crippen molar-refractivity contribution in [3.63, 3.8) is 0 Å². The van der Waals surface area contributed by atoms with Crippen molar-refractivity contribution in [2.75, 3.05) is 13.7 Å². The number of aliphatic hydroxyl groups excluding tert-OH is 1. The molecule has 2 N–H and O–H groups in total. The van der Waals surface area contributed by atoms with Gasteiger partial charge < -0.3 is 24.8 Å². The number of nitrogens with one attached hydrogen (secondary N) is 1. The van der Waals surface area contributed by atoms with Gasteiger partial charge in [0, 0.05) is 12.1 Å². The molecular formula is C23H32N2O6. The number of alkyl carbamates (subject to hydrolysis) is 1. The molecule has 1 atom stereocenters. The smallest absolute Gasteiger partial charge is 0.408 e. The third-order valence-corrected chi connectivity index (χ3v) is 5.95. The third-order valence-electron chi connectivity index (χ3n) is 5.95. The van der Waals surface area contributed by atoms with Crippen molar-refractivity contribution in [2.24, 2.45) is 0 Å². The minimum absolute atomic E-state index is 0.292. The average molecular weight is 433 g/mol. The number of rotatable bonds is 8. The van der Waals surface area contributed by atoms with Gasteiger partial charge in [0.25, 0.3) is 0 Å². The maximum Gasteiger partial charge on any atom is 0.408 e. The molecule has 0 unspecified atom stereocenters. The molecule has 170 valence electrons. The molecule has 0 aliphatic heterocycles. The minimum atomic E-state index is -1.49. The van der Waals surface area contributed by atoms with Crippen molar-refractivity contribution in [2.45, 2.75) is 75.7 Å². The second-order valence-electron chi connectivity index (χ2n) is 9.69. The van der Waals surface area contributed by atoms with Crippen molar-refractivity contribution in [3.05, 3.63) is 35.9 Å². The number of carbonyl (C=O) groups is 3. The van der Waals surface area contributed by atoms with E-state index in [1.165, 1.54) is 7.11 Å². The highest BCUT2D eigenvalue weighted by Crippen LogP contribution is 2.63. The van der Waals surface area contributed by atoms with Crippen LogP contribution in [0, 0.1) is 0 Å². The molecule has 0 radical (unpaired) electrons. The quantitative estimate of drug-likeness (QED) is 0.610. The van der Waals surface area contributed by atoms with Crippen LogP contribution in [-0.4, -0.2) is 64.4 Å². The first-order valence-electron chi connectivity index (χ1n) is 10.6. The van der Waals surface area contributed by atoms with Gasteiger partial charge >= 0.3 is 12.1 Å². The van der Waals surface area contributed by atoms with Crippen LogP contribution >= 0.6 is 0 Å². The zero-order valence-corrected chi connectivity index (χ0v) is 18.6. The molecule has 0 spiro atoms. The number of hydrogen-bond acceptors (Lipinski definition) is 6. The lowest BCUT2D eigenvalue weighted by molar-refractivity contribution is -0.190. The summed E-state index contributed by atoms with van der Waals surface area (Å²) >= 11 is 0. The van der Waals surface area contributed by atoms with Crippen molar-refractivity contribution in [1.82, 2.24) is 10.2 Å². The van der Waals surface area contributed by atoms with Gasteiger partial charge in [-0.15, -0.1) is 0 Å². The maximum atomic E-state index is 13.0. The Morgan fingerprint density at radius 3 is 2.32 bits per heavy atom. The molecule has 0 saturated heterocycles. The summed E-state index contributed by atoms with van der Waals surface area (Å²) < 4.78 is 9.89. The Kier molecular flexibility index (Phi) is 6.32. The van der Waals surface area contributed by atoms with Crippen LogP contribution in [0.2, 0.25) is 0 Å². The van der Waals surface area contributed by atoms with Crippen LogP contribution in [0.1, 0.15) is 52.0 Å². The number of hydrogen-bond donors (Lipinski definition) is 2. The number of nitrogens with zero attached hydrogens (tertiary/aromatic N) is 1. The minimum Gasteiger partial charge on any atom is -0.467 e. The molecule has 31 heavy (non-hydrogen) atoms. The summed E-state index contributed by atoms with van der Waals surface area (Å²) in [5, 5.41) is 12.9. The molecule has 0 heterocycles. The molecule has 4 rings (SSSR count). The molecule has 2 bridgehead atoms. The number of aliphatic hydroxyl groups is 1. The van der Waals surface area contributed by atoms with Crippen LogP contribution in [0.15, 0.2) is 30.3 Å². The Hall–Kier alpha value is -2.61. The largest absolute Gasteiger partial charge is 0.467 e. The van der Waals surface area contributed by atoms with E-state index in [9.17, 15) is 19.5 Å². The summed E-state index contributed by atoms with van der Waals surface area (Å²) in [6, 6.07) is 9.83. The standard InChI is InChI=1S/C23H32N2O6/c1-21(2,3)31-20(29)24-22-13-23(14-22,15-22)25(11-10-16-8-6-5-7-9-16)18(27)12-17(26)19(28)30-4/h5-9,17,26H,10-15H2,1-4H3,(H,24,29)/t17-,22?,23?/m1/s1. The Balaban J connectivity index is 1.65. The first-order chi connectivity index (χ1) is 14.5. The fraction of sp³-hybridized carbons (Fsp3) is 0.609. The van der Waals surface area contributed by atoms with Gasteiger partial charge in [-0.25, -0.2) is 9.59 Å². The summed E-state index contributed by atoms with van der Waals surface area (Å²) in [5.74, 6) is -1.11. The van der Waals surface area contributed by atoms with Crippen molar-refractivity contribution in [3.8, 4) is 0 Å². The molecule has 3 fully saturated rings. The van der Waals surface area contributed by atoms with Crippen LogP contribution in [0.4, 0.5) is 4.79 Å². The molecule has 1 aromatic rings. The first kappa shape index (κ1) is 23.1. The maximum absolute atomic E-state index is 13.0. The average Bonchev–Trinajstić information content (AvgIpc) is 2.63. The summed E-state index contributed by atoms with van der Waals surface area (Å²) in [6.45, 7) is 5.91. The lowest BCUT2D eigenvalue weighted by atomic mass is 9.43. The predicted octanol–water partition coefficient (Wildman–Crippen LogP) is 2.18. The highest BCUT2D eigenvalue weighted by molar-refractivity contribution is 5.85. The van der Waals surface area contributed by atoms with Gasteiger partial charge in [-0.3, -0.25) is 4.79 Å². The molecular weight excluding hydrogens is 400 g/mol. The molecule has 3 aliphatic carbocycles. The fourth-order valence-corrected chi connectivity index (χ4v) is 4.68. The van der Waals surface area contributed by atoms with Crippen LogP contribution in [0.5, 0.6) is 0 Å². The first-order valence-corrected chi connectivity index (χ1v) is 10.6. The fourth-order valence-electron chi connectivity index (χ4n) is 4.68. The highest BCUT2D eigenvalue weighted by Gasteiger charge is 2.72. The molecule has 1 aromatic carbocycles. The molecule has 8 heteroatoms. The Bertz CT molecular complexity index is 812. The molecule has 3 aliphatic rings. The third kappa shape index (κ3) is 5.18. The Morgan fingerprint density at radius 1 is 1.16 bits per heavy atom. The summed E-state index contributed by atoms with van der Waals surface area (Å²) in [7, 11) is 1.18. The van der Waals surface area contributed by atoms with Crippen LogP contribution in [0.25, 0.3) is 0 Å². The van der Waals surface area contributed by atoms with Crippen LogP contribution < -0.4 is 5.32 Å². The SMILES string of the molecule is COC(=O)[C@H](O)CC(=O)N(CCc1ccccc1)C12CC(NC(=O)OC(C)(C)C)(C1)C2. The number of amides is 2. The van der Waals surface area contributed by atoms with E-state index in [4.69, 9.17) is 4.74 Å². The van der Waals surface area contributed by atoms with E-state index in [1.54, 1.807) is 4.90 Å². The normalized spacial score (nSPS) is 24.8. The van der Waals surface area contributed by atoms with Gasteiger partial charge in [0.05, 0.1) is 19.1 Å². The second-order valence-corrected chi connectivity index (χ2v) is 9.69. The predicted molar refractivity (Wildman–Crippen MR) is 113 cm³/mol. The summed E-state index contributed by atoms with van der Waals surface area (Å²) in [4.78, 5) is 38.5. The van der Waals surface area contributed by atoms with E-state index < -0.39 is 23.8 Å². The van der Waals surface area contributed by atoms with Crippen LogP contribution in [0.3, 0.4) is 0 Å². The molecule has 3 saturated carbocycles. The van der Waals surface area contributed by atoms with Crippen molar-refractivity contribution in [1.29, 1.82) is 0 Å². The lowest BCUT2D eigenvalue weighted by Gasteiger charge is -2.73. The summed E-state index contributed by atoms with van der Waals surface area (Å²) in [5.41, 5.74) is -0.194. The Labute approximate surface area is 182 Å². The Morgan fingerprint density at radius 2 is 1.77 bits per heavy atom. The van der Waals surface area contributed by atoms with E-state index in [0.717, 1.165) is 5.56 Å². The summed E-state index contributed by atoms with van der Waals surface area (Å²) in [6.07, 6.45) is 0.295. The number of benzene rings is 1. The van der Waals surface area contributed by atoms with Gasteiger partial charge in [0.15, 0.2) is 6.10 Å². The number of esters is 1. The van der Waals surface area contributed by atoms with E-state index in [0.29, 0.717) is 32.2 Å². The second kappa shape index (κ2) is 8.49. The van der Waals surface area contributed by atoms with E-state index in [-0.39, 0.29) is 23.4 Å². The van der Waals surface area contributed by atoms with Crippen LogP contribution in [-0.2, 0) is 25.5 Å². The topological polar surface area (TPSA) is 105 Å². The van der Waals surface area contributed by atoms with E-state index in [1.807, 2.05) is 51.1 Å². The molecule has 8 nitrogen and oxygen atoms in total. The van der Waals surface area contributed by atoms with Crippen molar-refractivity contribution >= 4 is 18.0 Å². The van der Waals surface area contributed by atoms with E-state index in [2.05, 4.69) is 10.1 Å². The molecule has 2 amide bonds. The zero-order valence-electron chi connectivity index (χ0n) is 18.6. The van der Waals surface area contributed by atoms with E-state index >= 15 is 0 Å².